The van der Waals surface area contributed by atoms with E-state index in [1.807, 2.05) is 33.8 Å². The summed E-state index contributed by atoms with van der Waals surface area (Å²) < 4.78 is 40.5. The van der Waals surface area contributed by atoms with Gasteiger partial charge in [-0.2, -0.15) is 0 Å². The number of esters is 1. The Labute approximate surface area is 454 Å². The van der Waals surface area contributed by atoms with E-state index in [1.165, 1.54) is 49.9 Å². The minimum atomic E-state index is -1.21. The molecule has 77 heavy (non-hydrogen) atoms. The molecule has 9 atom stereocenters. The van der Waals surface area contributed by atoms with Crippen molar-refractivity contribution in [2.75, 3.05) is 66.5 Å². The summed E-state index contributed by atoms with van der Waals surface area (Å²) in [4.78, 5) is 126. The quantitative estimate of drug-likeness (QED) is 0.0688. The zero-order chi connectivity index (χ0) is 56.9. The second-order valence-corrected chi connectivity index (χ2v) is 20.5. The number of ether oxygens (including phenoxy) is 7. The Hall–Kier alpha value is -6.46. The summed E-state index contributed by atoms with van der Waals surface area (Å²) in [5.41, 5.74) is 0.859. The van der Waals surface area contributed by atoms with Crippen molar-refractivity contribution in [3.63, 3.8) is 0 Å². The number of amides is 7. The normalized spacial score (nSPS) is 26.5. The van der Waals surface area contributed by atoms with Crippen LogP contribution in [0.1, 0.15) is 105 Å². The first-order valence-corrected chi connectivity index (χ1v) is 26.3. The number of fused-ring (bicyclic) bond motifs is 3. The third kappa shape index (κ3) is 16.8. The first-order valence-electron chi connectivity index (χ1n) is 25.9. The highest BCUT2D eigenvalue weighted by atomic mass is 35.5. The van der Waals surface area contributed by atoms with Crippen LogP contribution in [0.4, 0.5) is 20.1 Å². The maximum atomic E-state index is 14.3. The molecule has 1 aromatic carbocycles. The lowest BCUT2D eigenvalue weighted by Crippen LogP contribution is -2.47. The standard InChI is InChI=1S/C53H75ClN6O17/c1-12-39-33(4)48-53(6,76-48)41(29-45(64)59(10)38-27-35(28-40(70-11)47(38)54)26-31(2)25-32(3)55-50(67)74-39)75-49(66)34(5)58(9)42(61)21-24-71-51(68)56(7)22-23-57(8)52(69)73-37-17-13-15-36(16-14-18-37)72-30-46(65)77-60-43(62)19-20-44(60)63/h13,17,25,27-28,32-34,36-37,39,41,48H,12,14-16,18-24,26,29-30H2,1-11H3,(H,55,67)/b17-13+,31-25+/t32?,33-,34+,36?,37?,39+,41+,48+,53+/m1/s1. The Balaban J connectivity index is 1.11. The van der Waals surface area contributed by atoms with Gasteiger partial charge in [-0.1, -0.05) is 43.2 Å². The molecule has 3 heterocycles. The number of alkyl carbamates (subject to hydrolysis) is 1. The fraction of sp³-hybridized carbons (Fsp3) is 0.642. The lowest BCUT2D eigenvalue weighted by Gasteiger charge is -2.30. The van der Waals surface area contributed by atoms with Crippen LogP contribution >= 0.6 is 11.6 Å². The second-order valence-electron chi connectivity index (χ2n) is 20.2. The maximum absolute atomic E-state index is 14.3. The van der Waals surface area contributed by atoms with E-state index in [0.29, 0.717) is 55.0 Å². The number of halogens is 1. The Kier molecular flexibility index (Phi) is 22.1. The number of carbonyl (C=O) groups is 9. The maximum Gasteiger partial charge on any atom is 0.410 e. The molecule has 24 heteroatoms. The third-order valence-corrected chi connectivity index (χ3v) is 14.6. The van der Waals surface area contributed by atoms with E-state index in [4.69, 9.17) is 49.6 Å². The van der Waals surface area contributed by atoms with Gasteiger partial charge in [-0.15, -0.1) is 5.06 Å². The molecular formula is C53H75ClN6O17. The van der Waals surface area contributed by atoms with Crippen molar-refractivity contribution < 1.29 is 81.1 Å². The van der Waals surface area contributed by atoms with Gasteiger partial charge in [0.25, 0.3) is 11.8 Å². The van der Waals surface area contributed by atoms with Crippen LogP contribution in [0.2, 0.25) is 5.02 Å². The van der Waals surface area contributed by atoms with Crippen molar-refractivity contribution in [1.82, 2.24) is 25.1 Å². The van der Waals surface area contributed by atoms with Crippen LogP contribution in [0.15, 0.2) is 35.9 Å². The molecule has 3 aliphatic heterocycles. The summed E-state index contributed by atoms with van der Waals surface area (Å²) >= 11 is 6.79. The number of hydroxylamine groups is 2. The molecule has 2 saturated heterocycles. The number of hydrogen-bond acceptors (Lipinski definition) is 17. The number of rotatable bonds is 16. The van der Waals surface area contributed by atoms with E-state index >= 15 is 0 Å². The van der Waals surface area contributed by atoms with Crippen LogP contribution < -0.4 is 15.0 Å². The molecule has 7 amide bonds. The number of methoxy groups -OCH3 is 1. The summed E-state index contributed by atoms with van der Waals surface area (Å²) in [6.45, 7) is 10.1. The molecule has 2 bridgehead atoms. The van der Waals surface area contributed by atoms with Gasteiger partial charge >= 0.3 is 30.2 Å². The molecule has 0 saturated carbocycles. The number of allylic oxidation sites excluding steroid dienone is 1. The van der Waals surface area contributed by atoms with Crippen LogP contribution in [0.25, 0.3) is 0 Å². The van der Waals surface area contributed by atoms with Crippen molar-refractivity contribution in [1.29, 1.82) is 0 Å². The highest BCUT2D eigenvalue weighted by Gasteiger charge is 2.63. The summed E-state index contributed by atoms with van der Waals surface area (Å²) in [5, 5.41) is 3.54. The second kappa shape index (κ2) is 27.7. The van der Waals surface area contributed by atoms with Gasteiger partial charge in [-0.05, 0) is 90.0 Å². The smallest absolute Gasteiger partial charge is 0.410 e. The lowest BCUT2D eigenvalue weighted by atomic mass is 9.87. The van der Waals surface area contributed by atoms with Gasteiger partial charge in [0.2, 0.25) is 11.8 Å². The van der Waals surface area contributed by atoms with Gasteiger partial charge in [0, 0.05) is 66.1 Å². The predicted octanol–water partition coefficient (Wildman–Crippen LogP) is 5.67. The van der Waals surface area contributed by atoms with E-state index in [9.17, 15) is 43.2 Å². The van der Waals surface area contributed by atoms with Gasteiger partial charge < -0.3 is 62.9 Å². The minimum Gasteiger partial charge on any atom is -0.495 e. The number of cyclic esters (lactones) is 1. The van der Waals surface area contributed by atoms with Gasteiger partial charge in [0.15, 0.2) is 0 Å². The summed E-state index contributed by atoms with van der Waals surface area (Å²) in [6.07, 6.45) is 2.46. The molecule has 1 aliphatic carbocycles. The van der Waals surface area contributed by atoms with Crippen LogP contribution in [-0.2, 0) is 68.4 Å². The highest BCUT2D eigenvalue weighted by molar-refractivity contribution is 6.35. The Morgan fingerprint density at radius 3 is 2.30 bits per heavy atom. The molecule has 0 spiro atoms. The van der Waals surface area contributed by atoms with Crippen LogP contribution in [0.5, 0.6) is 5.75 Å². The number of anilines is 1. The molecule has 2 fully saturated rings. The van der Waals surface area contributed by atoms with Gasteiger partial charge in [-0.3, -0.25) is 19.2 Å². The van der Waals surface area contributed by atoms with Crippen molar-refractivity contribution in [2.24, 2.45) is 5.92 Å². The van der Waals surface area contributed by atoms with Gasteiger partial charge in [-0.25, -0.2) is 24.0 Å². The third-order valence-electron chi connectivity index (χ3n) is 14.2. The summed E-state index contributed by atoms with van der Waals surface area (Å²) in [7, 11) is 7.42. The van der Waals surface area contributed by atoms with E-state index < -0.39 is 102 Å². The minimum absolute atomic E-state index is 0.0109. The molecule has 3 unspecified atom stereocenters. The van der Waals surface area contributed by atoms with Crippen LogP contribution in [0.3, 0.4) is 0 Å². The van der Waals surface area contributed by atoms with E-state index in [-0.39, 0.29) is 62.5 Å². The highest BCUT2D eigenvalue weighted by Crippen LogP contribution is 2.48. The fourth-order valence-electron chi connectivity index (χ4n) is 9.21. The predicted molar refractivity (Wildman–Crippen MR) is 277 cm³/mol. The molecule has 23 nitrogen and oxygen atoms in total. The zero-order valence-corrected chi connectivity index (χ0v) is 46.7. The monoisotopic (exact) mass is 1100 g/mol. The first-order chi connectivity index (χ1) is 36.4. The number of nitrogens with zero attached hydrogens (tertiary/aromatic N) is 5. The number of nitrogens with one attached hydrogen (secondary N) is 1. The van der Waals surface area contributed by atoms with Crippen molar-refractivity contribution in [2.45, 2.75) is 154 Å². The molecular weight excluding hydrogens is 1030 g/mol. The average Bonchev–Trinajstić information content (AvgIpc) is 4.01. The molecule has 426 valence electrons. The largest absolute Gasteiger partial charge is 0.495 e. The zero-order valence-electron chi connectivity index (χ0n) is 46.0. The van der Waals surface area contributed by atoms with E-state index in [1.54, 1.807) is 38.3 Å². The van der Waals surface area contributed by atoms with Gasteiger partial charge in [0.05, 0.1) is 37.8 Å². The van der Waals surface area contributed by atoms with Crippen molar-refractivity contribution >= 4 is 71.1 Å². The Bertz CT molecular complexity index is 2400. The number of epoxide rings is 1. The molecule has 1 aromatic rings. The van der Waals surface area contributed by atoms with Crippen molar-refractivity contribution in [3.8, 4) is 5.75 Å². The van der Waals surface area contributed by atoms with E-state index in [2.05, 4.69) is 5.32 Å². The SMILES string of the molecule is CC[C@@H]1OC(=O)NC(C)/C=C(\C)Cc2cc(OC)c(Cl)c(c2)N(C)C(=O)C[C@H](OC(=O)[C@H](C)N(C)C(=O)CCOC(=O)N(C)CCN(C)C(=O)OC2/C=C/CC(OCC(=O)ON3C(=O)CCC3=O)CCC2)[C@]2(C)O[C@H]2[C@@H]1C. The molecule has 0 aromatic heterocycles. The Morgan fingerprint density at radius 2 is 1.64 bits per heavy atom. The first kappa shape index (κ1) is 61.4. The molecule has 1 N–H and O–H groups in total. The molecule has 5 rings (SSSR count). The molecule has 4 aliphatic rings. The topological polar surface area (TPSA) is 259 Å². The number of imide groups is 1. The van der Waals surface area contributed by atoms with Gasteiger partial charge in [0.1, 0.15) is 53.9 Å². The number of benzene rings is 1. The fourth-order valence-corrected chi connectivity index (χ4v) is 9.52. The van der Waals surface area contributed by atoms with Crippen LogP contribution in [-0.4, -0.2) is 183 Å². The summed E-state index contributed by atoms with van der Waals surface area (Å²) in [5.74, 6) is -3.90. The number of likely N-dealkylation sites (N-methyl/N-ethyl adjacent to an activating group) is 3. The molecule has 0 radical (unpaired) electrons. The van der Waals surface area contributed by atoms with E-state index in [0.717, 1.165) is 16.0 Å². The summed E-state index contributed by atoms with van der Waals surface area (Å²) in [6, 6.07) is 2.01. The lowest BCUT2D eigenvalue weighted by molar-refractivity contribution is -0.201. The number of hydrogen-bond donors (Lipinski definition) is 1. The van der Waals surface area contributed by atoms with Crippen LogP contribution in [0, 0.1) is 5.92 Å². The Morgan fingerprint density at radius 1 is 0.961 bits per heavy atom. The number of carbonyl (C=O) groups excluding carboxylic acids is 9. The van der Waals surface area contributed by atoms with Crippen molar-refractivity contribution in [3.05, 3.63) is 46.5 Å². The average molecular weight is 1100 g/mol.